The summed E-state index contributed by atoms with van der Waals surface area (Å²) in [7, 11) is 2.02. The van der Waals surface area contributed by atoms with Crippen LogP contribution in [-0.4, -0.2) is 25.0 Å². The van der Waals surface area contributed by atoms with Crippen molar-refractivity contribution >= 4 is 22.6 Å². The summed E-state index contributed by atoms with van der Waals surface area (Å²) in [4.78, 5) is 20.5. The van der Waals surface area contributed by atoms with E-state index in [9.17, 15) is 4.79 Å². The highest BCUT2D eigenvalue weighted by molar-refractivity contribution is 5.92. The largest absolute Gasteiger partial charge is 0.335 e. The van der Waals surface area contributed by atoms with Crippen molar-refractivity contribution in [1.29, 1.82) is 0 Å². The lowest BCUT2D eigenvalue weighted by atomic mass is 10.2. The van der Waals surface area contributed by atoms with Crippen LogP contribution >= 0.6 is 0 Å². The number of aryl methyl sites for hydroxylation is 4. The Bertz CT molecular complexity index is 846. The van der Waals surface area contributed by atoms with Crippen molar-refractivity contribution in [3.63, 3.8) is 0 Å². The molecule has 0 radical (unpaired) electrons. The van der Waals surface area contributed by atoms with Gasteiger partial charge in [-0.15, -0.1) is 0 Å². The van der Waals surface area contributed by atoms with Crippen LogP contribution in [0, 0.1) is 6.92 Å². The Morgan fingerprint density at radius 3 is 2.87 bits per heavy atom. The Morgan fingerprint density at radius 1 is 1.35 bits per heavy atom. The fourth-order valence-electron chi connectivity index (χ4n) is 2.66. The standard InChI is InChI=1S/C17H21N5O/c1-4-17(23)19-13-5-6-15-14(11-13)20-16(21(15)3)7-9-22-10-8-18-12(22)2/h5-6,8,10-11H,4,7,9H2,1-3H3,(H,19,23). The Kier molecular flexibility index (Phi) is 4.14. The number of nitrogens with one attached hydrogen (secondary N) is 1. The maximum atomic E-state index is 11.5. The van der Waals surface area contributed by atoms with E-state index in [4.69, 9.17) is 4.98 Å². The summed E-state index contributed by atoms with van der Waals surface area (Å²) in [6.07, 6.45) is 5.10. The zero-order valence-corrected chi connectivity index (χ0v) is 13.7. The van der Waals surface area contributed by atoms with Gasteiger partial charge in [0, 0.05) is 44.5 Å². The third kappa shape index (κ3) is 3.11. The average molecular weight is 311 g/mol. The van der Waals surface area contributed by atoms with Crippen molar-refractivity contribution in [1.82, 2.24) is 19.1 Å². The summed E-state index contributed by atoms with van der Waals surface area (Å²) in [6, 6.07) is 5.84. The molecule has 6 heteroatoms. The Labute approximate surface area is 135 Å². The zero-order chi connectivity index (χ0) is 16.4. The number of carbonyl (C=O) groups excluding carboxylic acids is 1. The van der Waals surface area contributed by atoms with Gasteiger partial charge in [-0.2, -0.15) is 0 Å². The predicted molar refractivity (Wildman–Crippen MR) is 90.3 cm³/mol. The van der Waals surface area contributed by atoms with Crippen molar-refractivity contribution in [3.05, 3.63) is 42.2 Å². The second kappa shape index (κ2) is 6.24. The Balaban J connectivity index is 1.82. The van der Waals surface area contributed by atoms with E-state index in [0.717, 1.165) is 41.3 Å². The summed E-state index contributed by atoms with van der Waals surface area (Å²) in [5.74, 6) is 2.04. The van der Waals surface area contributed by atoms with Crippen LogP contribution < -0.4 is 5.32 Å². The molecule has 3 rings (SSSR count). The van der Waals surface area contributed by atoms with Gasteiger partial charge in [-0.3, -0.25) is 4.79 Å². The third-order valence-electron chi connectivity index (χ3n) is 4.08. The molecule has 0 aliphatic heterocycles. The number of amides is 1. The zero-order valence-electron chi connectivity index (χ0n) is 13.7. The lowest BCUT2D eigenvalue weighted by Crippen LogP contribution is -2.09. The number of benzene rings is 1. The van der Waals surface area contributed by atoms with E-state index >= 15 is 0 Å². The summed E-state index contributed by atoms with van der Waals surface area (Å²) < 4.78 is 4.22. The molecule has 2 heterocycles. The minimum atomic E-state index is 0.0103. The van der Waals surface area contributed by atoms with Gasteiger partial charge < -0.3 is 14.5 Å². The van der Waals surface area contributed by atoms with Crippen LogP contribution in [-0.2, 0) is 24.8 Å². The van der Waals surface area contributed by atoms with Crippen LogP contribution in [0.3, 0.4) is 0 Å². The average Bonchev–Trinajstić information content (AvgIpc) is 3.08. The monoisotopic (exact) mass is 311 g/mol. The molecule has 6 nitrogen and oxygen atoms in total. The van der Waals surface area contributed by atoms with Gasteiger partial charge in [0.2, 0.25) is 5.91 Å². The lowest BCUT2D eigenvalue weighted by Gasteiger charge is -2.05. The van der Waals surface area contributed by atoms with E-state index in [-0.39, 0.29) is 5.91 Å². The first-order valence-electron chi connectivity index (χ1n) is 7.81. The fourth-order valence-corrected chi connectivity index (χ4v) is 2.66. The van der Waals surface area contributed by atoms with Gasteiger partial charge in [0.15, 0.2) is 0 Å². The summed E-state index contributed by atoms with van der Waals surface area (Å²) >= 11 is 0. The first kappa shape index (κ1) is 15.3. The molecule has 2 aromatic heterocycles. The molecule has 0 aliphatic rings. The van der Waals surface area contributed by atoms with Crippen LogP contribution in [0.25, 0.3) is 11.0 Å². The van der Waals surface area contributed by atoms with E-state index in [2.05, 4.69) is 19.4 Å². The first-order chi connectivity index (χ1) is 11.1. The molecule has 1 aromatic carbocycles. The number of rotatable bonds is 5. The molecule has 3 aromatic rings. The molecule has 0 saturated carbocycles. The molecule has 0 saturated heterocycles. The van der Waals surface area contributed by atoms with Gasteiger partial charge in [-0.1, -0.05) is 6.92 Å². The molecule has 0 unspecified atom stereocenters. The van der Waals surface area contributed by atoms with Gasteiger partial charge >= 0.3 is 0 Å². The number of fused-ring (bicyclic) bond motifs is 1. The number of aromatic nitrogens is 4. The SMILES string of the molecule is CCC(=O)Nc1ccc2c(c1)nc(CCn1ccnc1C)n2C. The summed E-state index contributed by atoms with van der Waals surface area (Å²) in [5.41, 5.74) is 2.76. The van der Waals surface area contributed by atoms with E-state index in [0.29, 0.717) is 6.42 Å². The van der Waals surface area contributed by atoms with Crippen molar-refractivity contribution in [2.24, 2.45) is 7.05 Å². The molecule has 0 spiro atoms. The topological polar surface area (TPSA) is 64.7 Å². The van der Waals surface area contributed by atoms with Gasteiger partial charge in [-0.05, 0) is 25.1 Å². The van der Waals surface area contributed by atoms with Crippen molar-refractivity contribution in [2.75, 3.05) is 5.32 Å². The highest BCUT2D eigenvalue weighted by Crippen LogP contribution is 2.20. The van der Waals surface area contributed by atoms with Gasteiger partial charge in [0.1, 0.15) is 11.6 Å². The fraction of sp³-hybridized carbons (Fsp3) is 0.353. The predicted octanol–water partition coefficient (Wildman–Crippen LogP) is 2.67. The Hall–Kier alpha value is -2.63. The molecular weight excluding hydrogens is 290 g/mol. The number of imidazole rings is 2. The molecule has 23 heavy (non-hydrogen) atoms. The lowest BCUT2D eigenvalue weighted by molar-refractivity contribution is -0.115. The maximum absolute atomic E-state index is 11.5. The number of nitrogens with zero attached hydrogens (tertiary/aromatic N) is 4. The molecule has 120 valence electrons. The quantitative estimate of drug-likeness (QED) is 0.788. The molecule has 0 atom stereocenters. The van der Waals surface area contributed by atoms with Crippen molar-refractivity contribution < 1.29 is 4.79 Å². The smallest absolute Gasteiger partial charge is 0.224 e. The van der Waals surface area contributed by atoms with E-state index in [1.54, 1.807) is 0 Å². The van der Waals surface area contributed by atoms with Crippen molar-refractivity contribution in [3.8, 4) is 0 Å². The van der Waals surface area contributed by atoms with E-state index in [1.807, 2.05) is 51.5 Å². The van der Waals surface area contributed by atoms with Crippen LogP contribution in [0.4, 0.5) is 5.69 Å². The third-order valence-corrected chi connectivity index (χ3v) is 4.08. The molecule has 0 bridgehead atoms. The highest BCUT2D eigenvalue weighted by Gasteiger charge is 2.10. The number of hydrogen-bond acceptors (Lipinski definition) is 3. The maximum Gasteiger partial charge on any atom is 0.224 e. The molecule has 0 fully saturated rings. The van der Waals surface area contributed by atoms with Gasteiger partial charge in [0.05, 0.1) is 11.0 Å². The Morgan fingerprint density at radius 2 is 2.17 bits per heavy atom. The van der Waals surface area contributed by atoms with E-state index < -0.39 is 0 Å². The highest BCUT2D eigenvalue weighted by atomic mass is 16.1. The minimum Gasteiger partial charge on any atom is -0.335 e. The van der Waals surface area contributed by atoms with Crippen LogP contribution in [0.15, 0.2) is 30.6 Å². The molecule has 1 N–H and O–H groups in total. The van der Waals surface area contributed by atoms with E-state index in [1.165, 1.54) is 0 Å². The number of anilines is 1. The number of carbonyl (C=O) groups is 1. The second-order valence-corrected chi connectivity index (χ2v) is 5.61. The van der Waals surface area contributed by atoms with Crippen LogP contribution in [0.2, 0.25) is 0 Å². The molecule has 0 aliphatic carbocycles. The minimum absolute atomic E-state index is 0.0103. The summed E-state index contributed by atoms with van der Waals surface area (Å²) in [5, 5.41) is 2.87. The van der Waals surface area contributed by atoms with Gasteiger partial charge in [0.25, 0.3) is 0 Å². The normalized spacial score (nSPS) is 11.1. The molecule has 1 amide bonds. The van der Waals surface area contributed by atoms with Gasteiger partial charge in [-0.25, -0.2) is 9.97 Å². The first-order valence-corrected chi connectivity index (χ1v) is 7.81. The number of hydrogen-bond donors (Lipinski definition) is 1. The van der Waals surface area contributed by atoms with Crippen LogP contribution in [0.5, 0.6) is 0 Å². The second-order valence-electron chi connectivity index (χ2n) is 5.61. The van der Waals surface area contributed by atoms with Crippen molar-refractivity contribution in [2.45, 2.75) is 33.2 Å². The molecular formula is C17H21N5O. The summed E-state index contributed by atoms with van der Waals surface area (Å²) in [6.45, 7) is 4.69. The van der Waals surface area contributed by atoms with Crippen LogP contribution in [0.1, 0.15) is 25.0 Å².